The number of carboxylic acid groups (broad SMARTS) is 1. The van der Waals surface area contributed by atoms with Gasteiger partial charge in [0, 0.05) is 11.8 Å². The van der Waals surface area contributed by atoms with Crippen molar-refractivity contribution >= 4 is 29.7 Å². The third kappa shape index (κ3) is 7.00. The van der Waals surface area contributed by atoms with Crippen molar-refractivity contribution in [2.75, 3.05) is 12.0 Å². The third-order valence-corrected chi connectivity index (χ3v) is 2.94. The molecule has 0 spiro atoms. The van der Waals surface area contributed by atoms with E-state index in [1.807, 2.05) is 13.2 Å². The van der Waals surface area contributed by atoms with Crippen molar-refractivity contribution in [3.05, 3.63) is 0 Å². The number of amides is 3. The summed E-state index contributed by atoms with van der Waals surface area (Å²) in [5, 5.41) is 13.7. The Bertz CT molecular complexity index is 311. The van der Waals surface area contributed by atoms with Crippen molar-refractivity contribution in [1.82, 2.24) is 10.6 Å². The van der Waals surface area contributed by atoms with Crippen molar-refractivity contribution in [2.24, 2.45) is 5.73 Å². The number of hydrogen-bond donors (Lipinski definition) is 4. The molecule has 7 nitrogen and oxygen atoms in total. The van der Waals surface area contributed by atoms with Crippen molar-refractivity contribution in [3.8, 4) is 0 Å². The lowest BCUT2D eigenvalue weighted by molar-refractivity contribution is -0.140. The van der Waals surface area contributed by atoms with Crippen molar-refractivity contribution < 1.29 is 19.5 Å². The fraction of sp³-hybridized carbons (Fsp3) is 0.700. The molecule has 0 aromatic heterocycles. The fourth-order valence-corrected chi connectivity index (χ4v) is 1.97. The number of carbonyl (C=O) groups is 3. The number of urea groups is 1. The predicted molar refractivity (Wildman–Crippen MR) is 69.4 cm³/mol. The van der Waals surface area contributed by atoms with Gasteiger partial charge in [-0.2, -0.15) is 11.8 Å². The van der Waals surface area contributed by atoms with E-state index in [4.69, 9.17) is 10.8 Å². The number of nitrogens with two attached hydrogens (primary N) is 1. The Labute approximate surface area is 110 Å². The highest BCUT2D eigenvalue weighted by molar-refractivity contribution is 7.98. The summed E-state index contributed by atoms with van der Waals surface area (Å²) in [5.74, 6) is -1.34. The molecule has 104 valence electrons. The molecule has 18 heavy (non-hydrogen) atoms. The number of nitrogens with one attached hydrogen (secondary N) is 2. The lowest BCUT2D eigenvalue weighted by Crippen LogP contribution is -2.50. The fourth-order valence-electron chi connectivity index (χ4n) is 1.25. The molecule has 0 aromatic rings. The van der Waals surface area contributed by atoms with Crippen LogP contribution in [0.5, 0.6) is 0 Å². The van der Waals surface area contributed by atoms with E-state index in [9.17, 15) is 14.4 Å². The maximum atomic E-state index is 11.5. The molecule has 3 amide bonds. The Balaban J connectivity index is 4.32. The summed E-state index contributed by atoms with van der Waals surface area (Å²) < 4.78 is 0. The summed E-state index contributed by atoms with van der Waals surface area (Å²) in [5.41, 5.74) is 4.90. The van der Waals surface area contributed by atoms with Gasteiger partial charge in [-0.3, -0.25) is 4.79 Å². The maximum absolute atomic E-state index is 11.5. The van der Waals surface area contributed by atoms with Crippen molar-refractivity contribution in [1.29, 1.82) is 0 Å². The molecular formula is C10H19N3O4S. The summed E-state index contributed by atoms with van der Waals surface area (Å²) in [6.45, 7) is 1.92. The summed E-state index contributed by atoms with van der Waals surface area (Å²) >= 11 is 1.58. The van der Waals surface area contributed by atoms with Gasteiger partial charge in [0.15, 0.2) is 0 Å². The minimum atomic E-state index is -1.30. The average molecular weight is 277 g/mol. The number of carbonyl (C=O) groups excluding carboxylic acids is 2. The average Bonchev–Trinajstić information content (AvgIpc) is 2.26. The molecule has 0 radical (unpaired) electrons. The second-order valence-electron chi connectivity index (χ2n) is 3.74. The Hall–Kier alpha value is -1.44. The van der Waals surface area contributed by atoms with E-state index in [0.29, 0.717) is 0 Å². The van der Waals surface area contributed by atoms with Gasteiger partial charge >= 0.3 is 12.0 Å². The topological polar surface area (TPSA) is 122 Å². The molecule has 0 fully saturated rings. The number of rotatable bonds is 8. The molecule has 8 heteroatoms. The van der Waals surface area contributed by atoms with Crippen LogP contribution in [0.3, 0.4) is 0 Å². The Morgan fingerprint density at radius 2 is 1.94 bits per heavy atom. The minimum absolute atomic E-state index is 0.0389. The predicted octanol–water partition coefficient (Wildman–Crippen LogP) is -0.244. The van der Waals surface area contributed by atoms with Gasteiger partial charge in [-0.15, -0.1) is 0 Å². The molecule has 0 heterocycles. The van der Waals surface area contributed by atoms with Crippen LogP contribution < -0.4 is 16.4 Å². The first-order valence-electron chi connectivity index (χ1n) is 5.47. The van der Waals surface area contributed by atoms with Crippen LogP contribution in [-0.2, 0) is 9.59 Å². The van der Waals surface area contributed by atoms with Gasteiger partial charge in [-0.25, -0.2) is 9.59 Å². The number of primary amides is 1. The van der Waals surface area contributed by atoms with E-state index in [2.05, 4.69) is 10.6 Å². The Kier molecular flexibility index (Phi) is 7.93. The molecule has 0 aliphatic heterocycles. The Morgan fingerprint density at radius 3 is 2.33 bits per heavy atom. The van der Waals surface area contributed by atoms with E-state index in [1.54, 1.807) is 11.8 Å². The van der Waals surface area contributed by atoms with Gasteiger partial charge in [-0.05, 0) is 12.7 Å². The van der Waals surface area contributed by atoms with E-state index in [0.717, 1.165) is 12.2 Å². The van der Waals surface area contributed by atoms with Gasteiger partial charge in [0.05, 0.1) is 6.42 Å². The van der Waals surface area contributed by atoms with Gasteiger partial charge in [0.25, 0.3) is 0 Å². The normalized spacial score (nSPS) is 13.4. The van der Waals surface area contributed by atoms with Gasteiger partial charge in [-0.1, -0.05) is 6.92 Å². The lowest BCUT2D eigenvalue weighted by atomic mass is 10.2. The Morgan fingerprint density at radius 1 is 1.33 bits per heavy atom. The van der Waals surface area contributed by atoms with Crippen LogP contribution in [0, 0.1) is 0 Å². The molecule has 0 aliphatic rings. The molecule has 0 rings (SSSR count). The van der Waals surface area contributed by atoms with Crippen LogP contribution in [0.2, 0.25) is 0 Å². The molecular weight excluding hydrogens is 258 g/mol. The zero-order valence-electron chi connectivity index (χ0n) is 10.4. The SMILES string of the molecule is CCC(CSC)NC(=O)N[C@@H](CC(N)=O)C(=O)O. The van der Waals surface area contributed by atoms with Crippen LogP contribution in [0.15, 0.2) is 0 Å². The number of thioether (sulfide) groups is 1. The van der Waals surface area contributed by atoms with Crippen LogP contribution in [0.4, 0.5) is 4.79 Å². The van der Waals surface area contributed by atoms with Crippen molar-refractivity contribution in [2.45, 2.75) is 31.8 Å². The lowest BCUT2D eigenvalue weighted by Gasteiger charge is -2.18. The first kappa shape index (κ1) is 16.6. The zero-order chi connectivity index (χ0) is 14.1. The van der Waals surface area contributed by atoms with E-state index >= 15 is 0 Å². The maximum Gasteiger partial charge on any atom is 0.326 e. The number of carboxylic acids is 1. The van der Waals surface area contributed by atoms with Crippen LogP contribution in [0.25, 0.3) is 0 Å². The van der Waals surface area contributed by atoms with E-state index in [-0.39, 0.29) is 6.04 Å². The van der Waals surface area contributed by atoms with Gasteiger partial charge in [0.2, 0.25) is 5.91 Å². The molecule has 0 saturated heterocycles. The quantitative estimate of drug-likeness (QED) is 0.487. The standard InChI is InChI=1S/C10H19N3O4S/c1-3-6(5-18-2)12-10(17)13-7(9(15)16)4-8(11)14/h6-7H,3-5H2,1-2H3,(H2,11,14)(H,15,16)(H2,12,13,17)/t6?,7-/m0/s1. The first-order chi connectivity index (χ1) is 8.40. The van der Waals surface area contributed by atoms with Crippen LogP contribution >= 0.6 is 11.8 Å². The van der Waals surface area contributed by atoms with Gasteiger partial charge < -0.3 is 21.5 Å². The molecule has 1 unspecified atom stereocenters. The van der Waals surface area contributed by atoms with Gasteiger partial charge in [0.1, 0.15) is 6.04 Å². The second kappa shape index (κ2) is 8.62. The highest BCUT2D eigenvalue weighted by Gasteiger charge is 2.22. The third-order valence-electron chi connectivity index (χ3n) is 2.20. The van der Waals surface area contributed by atoms with Crippen LogP contribution in [-0.4, -0.2) is 47.1 Å². The number of aliphatic carboxylic acids is 1. The number of hydrogen-bond acceptors (Lipinski definition) is 4. The summed E-state index contributed by atoms with van der Waals surface area (Å²) in [6.07, 6.45) is 2.22. The summed E-state index contributed by atoms with van der Waals surface area (Å²) in [4.78, 5) is 33.0. The van der Waals surface area contributed by atoms with E-state index in [1.165, 1.54) is 0 Å². The summed E-state index contributed by atoms with van der Waals surface area (Å²) in [6, 6.07) is -1.94. The highest BCUT2D eigenvalue weighted by Crippen LogP contribution is 2.01. The van der Waals surface area contributed by atoms with Crippen LogP contribution in [0.1, 0.15) is 19.8 Å². The molecule has 0 aromatic carbocycles. The molecule has 0 saturated carbocycles. The van der Waals surface area contributed by atoms with E-state index < -0.39 is 30.4 Å². The largest absolute Gasteiger partial charge is 0.480 e. The molecule has 2 atom stereocenters. The molecule has 0 aliphatic carbocycles. The molecule has 0 bridgehead atoms. The van der Waals surface area contributed by atoms with Crippen molar-refractivity contribution in [3.63, 3.8) is 0 Å². The monoisotopic (exact) mass is 277 g/mol. The second-order valence-corrected chi connectivity index (χ2v) is 4.65. The summed E-state index contributed by atoms with van der Waals surface area (Å²) in [7, 11) is 0. The smallest absolute Gasteiger partial charge is 0.326 e. The first-order valence-corrected chi connectivity index (χ1v) is 6.87. The molecule has 5 N–H and O–H groups in total. The minimum Gasteiger partial charge on any atom is -0.480 e. The highest BCUT2D eigenvalue weighted by atomic mass is 32.2. The zero-order valence-corrected chi connectivity index (χ0v) is 11.3.